The van der Waals surface area contributed by atoms with Crippen LogP contribution in [0, 0.1) is 0 Å². The van der Waals surface area contributed by atoms with E-state index in [2.05, 4.69) is 16.6 Å². The number of aliphatic imine (C=N–C) groups is 2. The number of rotatable bonds is 0. The SMILES string of the molecule is C=C1CC=NC=N1. The summed E-state index contributed by atoms with van der Waals surface area (Å²) < 4.78 is 0. The van der Waals surface area contributed by atoms with Gasteiger partial charge in [-0.15, -0.1) is 0 Å². The summed E-state index contributed by atoms with van der Waals surface area (Å²) in [5, 5.41) is 0. The topological polar surface area (TPSA) is 24.7 Å². The van der Waals surface area contributed by atoms with E-state index in [0.717, 1.165) is 12.1 Å². The maximum atomic E-state index is 3.81. The molecule has 1 aliphatic rings. The van der Waals surface area contributed by atoms with E-state index in [0.29, 0.717) is 0 Å². The van der Waals surface area contributed by atoms with Crippen LogP contribution < -0.4 is 0 Å². The van der Waals surface area contributed by atoms with Crippen molar-refractivity contribution in [3.63, 3.8) is 0 Å². The number of hydrogen-bond donors (Lipinski definition) is 0. The first-order valence-electron chi connectivity index (χ1n) is 2.11. The van der Waals surface area contributed by atoms with Gasteiger partial charge in [0.25, 0.3) is 0 Å². The summed E-state index contributed by atoms with van der Waals surface area (Å²) in [5.74, 6) is 0. The molecule has 0 amide bonds. The first-order valence-corrected chi connectivity index (χ1v) is 2.11. The third-order valence-corrected chi connectivity index (χ3v) is 0.739. The molecule has 1 heterocycles. The largest absolute Gasteiger partial charge is 0.249 e. The molecule has 0 aliphatic carbocycles. The average molecular weight is 94.1 g/mol. The molecule has 0 bridgehead atoms. The lowest BCUT2D eigenvalue weighted by atomic mass is 10.4. The highest BCUT2D eigenvalue weighted by Crippen LogP contribution is 1.98. The van der Waals surface area contributed by atoms with E-state index in [1.165, 1.54) is 6.34 Å². The molecule has 1 rings (SSSR count). The van der Waals surface area contributed by atoms with Crippen molar-refractivity contribution >= 4 is 12.6 Å². The van der Waals surface area contributed by atoms with E-state index in [1.807, 2.05) is 0 Å². The van der Waals surface area contributed by atoms with Crippen LogP contribution in [0.5, 0.6) is 0 Å². The molecule has 36 valence electrons. The Morgan fingerprint density at radius 1 is 1.71 bits per heavy atom. The molecule has 2 heteroatoms. The Labute approximate surface area is 42.3 Å². The fraction of sp³-hybridized carbons (Fsp3) is 0.200. The third kappa shape index (κ3) is 0.961. The molecule has 0 unspecified atom stereocenters. The standard InChI is InChI=1S/C5H6N2/c1-5-2-3-6-4-7-5/h3-4H,1-2H2. The van der Waals surface area contributed by atoms with Gasteiger partial charge in [0.2, 0.25) is 0 Å². The Hall–Kier alpha value is -0.920. The zero-order valence-electron chi connectivity index (χ0n) is 3.96. The minimum atomic E-state index is 0.802. The fourth-order valence-corrected chi connectivity index (χ4v) is 0.373. The van der Waals surface area contributed by atoms with Crippen LogP contribution in [0.2, 0.25) is 0 Å². The smallest absolute Gasteiger partial charge is 0.115 e. The molecule has 0 saturated heterocycles. The van der Waals surface area contributed by atoms with E-state index < -0.39 is 0 Å². The van der Waals surface area contributed by atoms with Gasteiger partial charge < -0.3 is 0 Å². The van der Waals surface area contributed by atoms with Crippen LogP contribution >= 0.6 is 0 Å². The van der Waals surface area contributed by atoms with Gasteiger partial charge in [-0.2, -0.15) is 0 Å². The van der Waals surface area contributed by atoms with E-state index in [9.17, 15) is 0 Å². The van der Waals surface area contributed by atoms with Crippen LogP contribution in [-0.4, -0.2) is 12.6 Å². The molecule has 0 atom stereocenters. The van der Waals surface area contributed by atoms with Crippen molar-refractivity contribution in [2.75, 3.05) is 0 Å². The highest BCUT2D eigenvalue weighted by molar-refractivity contribution is 5.77. The molecule has 0 radical (unpaired) electrons. The Balaban J connectivity index is 2.66. The summed E-state index contributed by atoms with van der Waals surface area (Å²) in [5.41, 5.74) is 0.884. The molecule has 2 nitrogen and oxygen atoms in total. The first-order chi connectivity index (χ1) is 3.39. The van der Waals surface area contributed by atoms with Gasteiger partial charge in [0.15, 0.2) is 0 Å². The Bertz CT molecular complexity index is 133. The van der Waals surface area contributed by atoms with Crippen molar-refractivity contribution in [1.82, 2.24) is 0 Å². The van der Waals surface area contributed by atoms with Crippen LogP contribution in [0.3, 0.4) is 0 Å². The second-order valence-electron chi connectivity index (χ2n) is 1.35. The van der Waals surface area contributed by atoms with E-state index in [4.69, 9.17) is 0 Å². The highest BCUT2D eigenvalue weighted by atomic mass is 14.9. The van der Waals surface area contributed by atoms with Crippen molar-refractivity contribution in [3.05, 3.63) is 12.3 Å². The van der Waals surface area contributed by atoms with Crippen molar-refractivity contribution in [3.8, 4) is 0 Å². The van der Waals surface area contributed by atoms with E-state index >= 15 is 0 Å². The van der Waals surface area contributed by atoms with Gasteiger partial charge in [0, 0.05) is 18.3 Å². The van der Waals surface area contributed by atoms with Crippen LogP contribution in [0.15, 0.2) is 22.3 Å². The van der Waals surface area contributed by atoms with Gasteiger partial charge in [-0.1, -0.05) is 6.58 Å². The zero-order valence-corrected chi connectivity index (χ0v) is 3.96. The minimum Gasteiger partial charge on any atom is -0.249 e. The maximum absolute atomic E-state index is 3.81. The Morgan fingerprint density at radius 2 is 2.57 bits per heavy atom. The summed E-state index contributed by atoms with van der Waals surface area (Å²) in [6.07, 6.45) is 4.09. The quantitative estimate of drug-likeness (QED) is 0.428. The van der Waals surface area contributed by atoms with Gasteiger partial charge >= 0.3 is 0 Å². The average Bonchev–Trinajstić information content (AvgIpc) is 1.69. The van der Waals surface area contributed by atoms with Crippen molar-refractivity contribution < 1.29 is 0 Å². The second-order valence-corrected chi connectivity index (χ2v) is 1.35. The van der Waals surface area contributed by atoms with Crippen LogP contribution in [0.25, 0.3) is 0 Å². The normalized spacial score (nSPS) is 18.0. The monoisotopic (exact) mass is 94.1 g/mol. The van der Waals surface area contributed by atoms with Crippen LogP contribution in [-0.2, 0) is 0 Å². The molecule has 0 spiro atoms. The van der Waals surface area contributed by atoms with Crippen molar-refractivity contribution in [1.29, 1.82) is 0 Å². The molecule has 0 saturated carbocycles. The molecular weight excluding hydrogens is 88.1 g/mol. The van der Waals surface area contributed by atoms with Gasteiger partial charge in [-0.3, -0.25) is 0 Å². The summed E-state index contributed by atoms with van der Waals surface area (Å²) >= 11 is 0. The molecule has 0 fully saturated rings. The zero-order chi connectivity index (χ0) is 5.11. The summed E-state index contributed by atoms with van der Waals surface area (Å²) in [7, 11) is 0. The Kier molecular flexibility index (Phi) is 1.02. The molecular formula is C5H6N2. The highest BCUT2D eigenvalue weighted by Gasteiger charge is 1.87. The van der Waals surface area contributed by atoms with Crippen LogP contribution in [0.1, 0.15) is 6.42 Å². The van der Waals surface area contributed by atoms with Crippen molar-refractivity contribution in [2.45, 2.75) is 6.42 Å². The lowest BCUT2D eigenvalue weighted by Gasteiger charge is -1.93. The van der Waals surface area contributed by atoms with Gasteiger partial charge in [-0.05, 0) is 0 Å². The predicted molar refractivity (Wildman–Crippen MR) is 30.7 cm³/mol. The molecule has 0 aromatic heterocycles. The second kappa shape index (κ2) is 1.69. The number of nitrogens with zero attached hydrogens (tertiary/aromatic N) is 2. The summed E-state index contributed by atoms with van der Waals surface area (Å²) in [4.78, 5) is 7.56. The van der Waals surface area contributed by atoms with Gasteiger partial charge in [0.1, 0.15) is 6.34 Å². The minimum absolute atomic E-state index is 0.802. The molecule has 0 aromatic rings. The van der Waals surface area contributed by atoms with E-state index in [-0.39, 0.29) is 0 Å². The molecule has 1 aliphatic heterocycles. The van der Waals surface area contributed by atoms with E-state index in [1.54, 1.807) is 6.21 Å². The lowest BCUT2D eigenvalue weighted by Crippen LogP contribution is -1.85. The first kappa shape index (κ1) is 4.24. The summed E-state index contributed by atoms with van der Waals surface area (Å²) in [6, 6.07) is 0. The number of hydrogen-bond acceptors (Lipinski definition) is 2. The van der Waals surface area contributed by atoms with Gasteiger partial charge in [-0.25, -0.2) is 9.98 Å². The van der Waals surface area contributed by atoms with Crippen LogP contribution in [0.4, 0.5) is 0 Å². The lowest BCUT2D eigenvalue weighted by molar-refractivity contribution is 1.22. The molecule has 7 heavy (non-hydrogen) atoms. The Morgan fingerprint density at radius 3 is 2.86 bits per heavy atom. The molecule has 0 N–H and O–H groups in total. The maximum Gasteiger partial charge on any atom is 0.115 e. The third-order valence-electron chi connectivity index (χ3n) is 0.739. The predicted octanol–water partition coefficient (Wildman–Crippen LogP) is 1.00. The number of allylic oxidation sites excluding steroid dienone is 1. The summed E-state index contributed by atoms with van der Waals surface area (Å²) in [6.45, 7) is 3.62. The van der Waals surface area contributed by atoms with Gasteiger partial charge in [0.05, 0.1) is 0 Å². The van der Waals surface area contributed by atoms with Crippen molar-refractivity contribution in [2.24, 2.45) is 9.98 Å². The molecule has 0 aromatic carbocycles. The fourth-order valence-electron chi connectivity index (χ4n) is 0.373.